The van der Waals surface area contributed by atoms with Crippen molar-refractivity contribution >= 4 is 45.1 Å². The Kier molecular flexibility index (Phi) is 8.09. The van der Waals surface area contributed by atoms with Crippen molar-refractivity contribution in [3.8, 4) is 17.2 Å². The number of ether oxygens (including phenoxy) is 3. The second kappa shape index (κ2) is 11.1. The molecule has 188 valence electrons. The normalized spacial score (nSPS) is 16.1. The number of fused-ring (bicyclic) bond motifs is 2. The van der Waals surface area contributed by atoms with E-state index >= 15 is 0 Å². The molecule has 8 nitrogen and oxygen atoms in total. The van der Waals surface area contributed by atoms with E-state index in [4.69, 9.17) is 14.2 Å². The Morgan fingerprint density at radius 1 is 1.11 bits per heavy atom. The Bertz CT molecular complexity index is 1250. The maximum atomic E-state index is 12.5. The molecule has 5 rings (SSSR count). The predicted molar refractivity (Wildman–Crippen MR) is 143 cm³/mol. The molecule has 1 saturated heterocycles. The second-order valence-electron chi connectivity index (χ2n) is 8.73. The SMILES string of the molecule is COc1ccc2ncc(=O)n(CCN3CCC(N(C)c4cc5c(cc4Br)OCCO5)CC3)c2c1.Cl. The van der Waals surface area contributed by atoms with Crippen LogP contribution < -0.4 is 24.7 Å². The molecule has 35 heavy (non-hydrogen) atoms. The van der Waals surface area contributed by atoms with Crippen molar-refractivity contribution in [3.05, 3.63) is 51.4 Å². The lowest BCUT2D eigenvalue weighted by molar-refractivity contribution is 0.171. The predicted octanol–water partition coefficient (Wildman–Crippen LogP) is 3.96. The van der Waals surface area contributed by atoms with E-state index in [1.165, 1.54) is 6.20 Å². The Morgan fingerprint density at radius 2 is 1.83 bits per heavy atom. The van der Waals surface area contributed by atoms with Gasteiger partial charge in [-0.2, -0.15) is 0 Å². The van der Waals surface area contributed by atoms with Gasteiger partial charge in [-0.1, -0.05) is 0 Å². The van der Waals surface area contributed by atoms with Gasteiger partial charge in [0.2, 0.25) is 0 Å². The van der Waals surface area contributed by atoms with Gasteiger partial charge in [-0.15, -0.1) is 12.4 Å². The molecule has 0 spiro atoms. The van der Waals surface area contributed by atoms with Crippen molar-refractivity contribution in [3.63, 3.8) is 0 Å². The topological polar surface area (TPSA) is 69.1 Å². The second-order valence-corrected chi connectivity index (χ2v) is 9.59. The number of anilines is 1. The third-order valence-electron chi connectivity index (χ3n) is 6.79. The molecule has 0 amide bonds. The first-order valence-corrected chi connectivity index (χ1v) is 12.4. The van der Waals surface area contributed by atoms with Gasteiger partial charge in [0.05, 0.1) is 30.0 Å². The smallest absolute Gasteiger partial charge is 0.269 e. The van der Waals surface area contributed by atoms with Crippen LogP contribution in [0.1, 0.15) is 12.8 Å². The maximum Gasteiger partial charge on any atom is 0.269 e. The summed E-state index contributed by atoms with van der Waals surface area (Å²) in [5.41, 5.74) is 2.64. The van der Waals surface area contributed by atoms with Crippen LogP contribution in [0, 0.1) is 0 Å². The number of methoxy groups -OCH3 is 1. The van der Waals surface area contributed by atoms with Crippen LogP contribution in [0.25, 0.3) is 11.0 Å². The molecule has 0 N–H and O–H groups in total. The molecular weight excluding hydrogens is 536 g/mol. The number of nitrogens with zero attached hydrogens (tertiary/aromatic N) is 4. The van der Waals surface area contributed by atoms with Crippen molar-refractivity contribution in [2.45, 2.75) is 25.4 Å². The van der Waals surface area contributed by atoms with Gasteiger partial charge in [-0.05, 0) is 40.9 Å². The highest BCUT2D eigenvalue weighted by molar-refractivity contribution is 9.10. The van der Waals surface area contributed by atoms with E-state index in [9.17, 15) is 4.79 Å². The zero-order chi connectivity index (χ0) is 23.7. The van der Waals surface area contributed by atoms with Crippen LogP contribution in [0.3, 0.4) is 0 Å². The number of hydrogen-bond acceptors (Lipinski definition) is 7. The number of halogens is 2. The Hall–Kier alpha value is -2.49. The summed E-state index contributed by atoms with van der Waals surface area (Å²) < 4.78 is 19.6. The summed E-state index contributed by atoms with van der Waals surface area (Å²) in [5, 5.41) is 0. The molecule has 3 aromatic rings. The third-order valence-corrected chi connectivity index (χ3v) is 7.42. The van der Waals surface area contributed by atoms with Gasteiger partial charge in [-0.3, -0.25) is 4.79 Å². The van der Waals surface area contributed by atoms with E-state index in [0.29, 0.717) is 25.8 Å². The Morgan fingerprint density at radius 3 is 2.54 bits per heavy atom. The van der Waals surface area contributed by atoms with Crippen LogP contribution in [0.4, 0.5) is 5.69 Å². The van der Waals surface area contributed by atoms with Crippen molar-refractivity contribution in [1.82, 2.24) is 14.5 Å². The lowest BCUT2D eigenvalue weighted by atomic mass is 10.0. The largest absolute Gasteiger partial charge is 0.497 e. The Balaban J connectivity index is 0.00000289. The highest BCUT2D eigenvalue weighted by Gasteiger charge is 2.25. The number of piperidine rings is 1. The summed E-state index contributed by atoms with van der Waals surface area (Å²) in [7, 11) is 3.78. The molecule has 0 saturated carbocycles. The molecule has 2 aliphatic heterocycles. The van der Waals surface area contributed by atoms with E-state index in [0.717, 1.165) is 70.9 Å². The zero-order valence-electron chi connectivity index (χ0n) is 19.9. The summed E-state index contributed by atoms with van der Waals surface area (Å²) in [6.07, 6.45) is 3.51. The fourth-order valence-corrected chi connectivity index (χ4v) is 5.39. The van der Waals surface area contributed by atoms with E-state index in [1.807, 2.05) is 24.3 Å². The van der Waals surface area contributed by atoms with Gasteiger partial charge >= 0.3 is 0 Å². The molecule has 0 atom stereocenters. The van der Waals surface area contributed by atoms with E-state index < -0.39 is 0 Å². The minimum atomic E-state index is -0.0844. The van der Waals surface area contributed by atoms with Gasteiger partial charge in [0, 0.05) is 61.9 Å². The van der Waals surface area contributed by atoms with Crippen molar-refractivity contribution in [2.75, 3.05) is 51.9 Å². The number of benzene rings is 2. The third kappa shape index (κ3) is 5.37. The van der Waals surface area contributed by atoms with E-state index in [2.05, 4.69) is 43.8 Å². The minimum Gasteiger partial charge on any atom is -0.497 e. The Labute approximate surface area is 219 Å². The van der Waals surface area contributed by atoms with E-state index in [-0.39, 0.29) is 18.0 Å². The first-order valence-electron chi connectivity index (χ1n) is 11.6. The van der Waals surface area contributed by atoms with Crippen molar-refractivity contribution in [2.24, 2.45) is 0 Å². The molecule has 1 fully saturated rings. The molecule has 0 aliphatic carbocycles. The number of likely N-dealkylation sites (tertiary alicyclic amines) is 1. The van der Waals surface area contributed by atoms with E-state index in [1.54, 1.807) is 11.7 Å². The quantitative estimate of drug-likeness (QED) is 0.448. The van der Waals surface area contributed by atoms with Crippen LogP contribution in [0.5, 0.6) is 17.2 Å². The van der Waals surface area contributed by atoms with Crippen LogP contribution in [-0.2, 0) is 6.54 Å². The number of hydrogen-bond donors (Lipinski definition) is 0. The molecule has 2 aromatic carbocycles. The standard InChI is InChI=1S/C25H29BrN4O4.ClH/c1-28(21-15-24-23(14-19(21)26)33-11-12-34-24)17-5-7-29(8-6-17)9-10-30-22-13-18(32-2)3-4-20(22)27-16-25(30)31;/h3-4,13-17H,5-12H2,1-2H3;1H. The van der Waals surface area contributed by atoms with Gasteiger partial charge in [0.1, 0.15) is 19.0 Å². The van der Waals surface area contributed by atoms with Gasteiger partial charge in [0.25, 0.3) is 5.56 Å². The number of aromatic nitrogens is 2. The molecule has 1 aromatic heterocycles. The zero-order valence-corrected chi connectivity index (χ0v) is 22.3. The van der Waals surface area contributed by atoms with Crippen LogP contribution in [0.15, 0.2) is 45.8 Å². The molecule has 0 radical (unpaired) electrons. The summed E-state index contributed by atoms with van der Waals surface area (Å²) >= 11 is 3.71. The first kappa shape index (κ1) is 25.6. The fraction of sp³-hybridized carbons (Fsp3) is 0.440. The van der Waals surface area contributed by atoms with Crippen molar-refractivity contribution < 1.29 is 14.2 Å². The maximum absolute atomic E-state index is 12.5. The molecule has 0 unspecified atom stereocenters. The number of rotatable bonds is 6. The highest BCUT2D eigenvalue weighted by Crippen LogP contribution is 2.40. The van der Waals surface area contributed by atoms with Gasteiger partial charge in [0.15, 0.2) is 11.5 Å². The van der Waals surface area contributed by atoms with Crippen LogP contribution >= 0.6 is 28.3 Å². The van der Waals surface area contributed by atoms with Crippen LogP contribution in [-0.4, -0.2) is 67.5 Å². The average molecular weight is 566 g/mol. The summed E-state index contributed by atoms with van der Waals surface area (Å²) in [6, 6.07) is 10.1. The summed E-state index contributed by atoms with van der Waals surface area (Å²) in [4.78, 5) is 21.6. The summed E-state index contributed by atoms with van der Waals surface area (Å²) in [6.45, 7) is 4.58. The molecule has 0 bridgehead atoms. The molecule has 2 aliphatic rings. The van der Waals surface area contributed by atoms with Gasteiger partial charge in [-0.25, -0.2) is 4.98 Å². The fourth-order valence-electron chi connectivity index (χ4n) is 4.79. The minimum absolute atomic E-state index is 0. The average Bonchev–Trinajstić information content (AvgIpc) is 2.87. The lowest BCUT2D eigenvalue weighted by Gasteiger charge is -2.38. The van der Waals surface area contributed by atoms with Crippen LogP contribution in [0.2, 0.25) is 0 Å². The summed E-state index contributed by atoms with van der Waals surface area (Å²) in [5.74, 6) is 2.32. The first-order chi connectivity index (χ1) is 16.5. The van der Waals surface area contributed by atoms with Crippen molar-refractivity contribution in [1.29, 1.82) is 0 Å². The molecule has 10 heteroatoms. The highest BCUT2D eigenvalue weighted by atomic mass is 79.9. The lowest BCUT2D eigenvalue weighted by Crippen LogP contribution is -2.44. The monoisotopic (exact) mass is 564 g/mol. The van der Waals surface area contributed by atoms with Gasteiger partial charge < -0.3 is 28.6 Å². The molecular formula is C25H30BrClN4O4. The molecule has 3 heterocycles.